The second-order valence-electron chi connectivity index (χ2n) is 4.14. The fourth-order valence-corrected chi connectivity index (χ4v) is 1.94. The number of ether oxygens (including phenoxy) is 2. The minimum absolute atomic E-state index is 0.186. The lowest BCUT2D eigenvalue weighted by Crippen LogP contribution is -2.43. The Kier molecular flexibility index (Phi) is 4.16. The summed E-state index contributed by atoms with van der Waals surface area (Å²) in [5, 5.41) is 0. The molecule has 3 heteroatoms. The van der Waals surface area contributed by atoms with E-state index in [9.17, 15) is 0 Å². The molecule has 2 N–H and O–H groups in total. The highest BCUT2D eigenvalue weighted by Crippen LogP contribution is 2.21. The van der Waals surface area contributed by atoms with Gasteiger partial charge in [0.15, 0.2) is 0 Å². The van der Waals surface area contributed by atoms with E-state index in [2.05, 4.69) is 13.8 Å². The van der Waals surface area contributed by atoms with Crippen LogP contribution in [-0.4, -0.2) is 32.0 Å². The summed E-state index contributed by atoms with van der Waals surface area (Å²) in [6.07, 6.45) is 2.28. The van der Waals surface area contributed by atoms with E-state index in [-0.39, 0.29) is 18.2 Å². The van der Waals surface area contributed by atoms with Crippen LogP contribution in [0.25, 0.3) is 0 Å². The molecule has 0 aromatic rings. The molecule has 1 saturated heterocycles. The average molecular weight is 187 g/mol. The molecule has 13 heavy (non-hydrogen) atoms. The van der Waals surface area contributed by atoms with E-state index < -0.39 is 0 Å². The van der Waals surface area contributed by atoms with Gasteiger partial charge in [0.1, 0.15) is 0 Å². The Bertz CT molecular complexity index is 150. The van der Waals surface area contributed by atoms with Crippen molar-refractivity contribution in [2.45, 2.75) is 44.9 Å². The van der Waals surface area contributed by atoms with E-state index in [1.165, 1.54) is 0 Å². The lowest BCUT2D eigenvalue weighted by Gasteiger charge is -2.34. The van der Waals surface area contributed by atoms with Crippen LogP contribution in [0.2, 0.25) is 0 Å². The predicted molar refractivity (Wildman–Crippen MR) is 52.6 cm³/mol. The van der Waals surface area contributed by atoms with Crippen molar-refractivity contribution in [3.63, 3.8) is 0 Å². The Morgan fingerprint density at radius 3 is 2.62 bits per heavy atom. The standard InChI is InChI=1S/C10H21NO2/c1-7(2)10(12-3)9-6-8(11)4-5-13-9/h7-10H,4-6,11H2,1-3H3. The van der Waals surface area contributed by atoms with Crippen molar-refractivity contribution in [2.75, 3.05) is 13.7 Å². The molecule has 78 valence electrons. The van der Waals surface area contributed by atoms with Crippen molar-refractivity contribution in [2.24, 2.45) is 11.7 Å². The molecule has 1 aliphatic heterocycles. The molecular formula is C10H21NO2. The lowest BCUT2D eigenvalue weighted by atomic mass is 9.94. The highest BCUT2D eigenvalue weighted by Gasteiger charge is 2.29. The Morgan fingerprint density at radius 1 is 1.46 bits per heavy atom. The first-order chi connectivity index (χ1) is 6.15. The summed E-state index contributed by atoms with van der Waals surface area (Å²) in [5.74, 6) is 0.486. The molecule has 0 amide bonds. The Balaban J connectivity index is 2.47. The highest BCUT2D eigenvalue weighted by molar-refractivity contribution is 4.81. The van der Waals surface area contributed by atoms with Crippen LogP contribution in [0.1, 0.15) is 26.7 Å². The first-order valence-electron chi connectivity index (χ1n) is 5.05. The van der Waals surface area contributed by atoms with Gasteiger partial charge in [-0.15, -0.1) is 0 Å². The van der Waals surface area contributed by atoms with E-state index in [0.717, 1.165) is 19.4 Å². The predicted octanol–water partition coefficient (Wildman–Crippen LogP) is 1.16. The summed E-state index contributed by atoms with van der Waals surface area (Å²) in [7, 11) is 1.74. The van der Waals surface area contributed by atoms with Gasteiger partial charge in [-0.2, -0.15) is 0 Å². The molecule has 0 aromatic heterocycles. The normalized spacial score (nSPS) is 32.1. The first kappa shape index (κ1) is 11.0. The molecule has 0 aromatic carbocycles. The van der Waals surface area contributed by atoms with E-state index in [0.29, 0.717) is 5.92 Å². The highest BCUT2D eigenvalue weighted by atomic mass is 16.5. The van der Waals surface area contributed by atoms with Crippen molar-refractivity contribution >= 4 is 0 Å². The summed E-state index contributed by atoms with van der Waals surface area (Å²) in [4.78, 5) is 0. The summed E-state index contributed by atoms with van der Waals surface area (Å²) in [5.41, 5.74) is 5.88. The topological polar surface area (TPSA) is 44.5 Å². The van der Waals surface area contributed by atoms with Gasteiger partial charge in [-0.3, -0.25) is 0 Å². The van der Waals surface area contributed by atoms with Crippen molar-refractivity contribution in [3.05, 3.63) is 0 Å². The zero-order chi connectivity index (χ0) is 9.84. The van der Waals surface area contributed by atoms with Crippen LogP contribution in [0, 0.1) is 5.92 Å². The molecule has 1 rings (SSSR count). The third-order valence-corrected chi connectivity index (χ3v) is 2.65. The van der Waals surface area contributed by atoms with Crippen molar-refractivity contribution in [3.8, 4) is 0 Å². The maximum Gasteiger partial charge on any atom is 0.0856 e. The molecular weight excluding hydrogens is 166 g/mol. The number of hydrogen-bond donors (Lipinski definition) is 1. The molecule has 0 bridgehead atoms. The second-order valence-corrected chi connectivity index (χ2v) is 4.14. The van der Waals surface area contributed by atoms with Gasteiger partial charge in [0.05, 0.1) is 12.2 Å². The summed E-state index contributed by atoms with van der Waals surface area (Å²) in [6, 6.07) is 0.287. The van der Waals surface area contributed by atoms with Gasteiger partial charge in [0.25, 0.3) is 0 Å². The Labute approximate surface area is 80.6 Å². The second kappa shape index (κ2) is 4.94. The Hall–Kier alpha value is -0.120. The molecule has 1 heterocycles. The summed E-state index contributed by atoms with van der Waals surface area (Å²) in [6.45, 7) is 5.08. The van der Waals surface area contributed by atoms with E-state index in [1.807, 2.05) is 0 Å². The fourth-order valence-electron chi connectivity index (χ4n) is 1.94. The first-order valence-corrected chi connectivity index (χ1v) is 5.05. The molecule has 3 atom stereocenters. The van der Waals surface area contributed by atoms with Crippen molar-refractivity contribution in [1.82, 2.24) is 0 Å². The molecule has 1 aliphatic rings. The monoisotopic (exact) mass is 187 g/mol. The summed E-state index contributed by atoms with van der Waals surface area (Å²) >= 11 is 0. The number of nitrogens with two attached hydrogens (primary N) is 1. The van der Waals surface area contributed by atoms with Gasteiger partial charge >= 0.3 is 0 Å². The molecule has 1 fully saturated rings. The molecule has 0 radical (unpaired) electrons. The minimum Gasteiger partial charge on any atom is -0.378 e. The number of hydrogen-bond acceptors (Lipinski definition) is 3. The van der Waals surface area contributed by atoms with Crippen LogP contribution in [0.3, 0.4) is 0 Å². The third kappa shape index (κ3) is 2.93. The van der Waals surface area contributed by atoms with Crippen LogP contribution in [-0.2, 0) is 9.47 Å². The molecule has 3 nitrogen and oxygen atoms in total. The van der Waals surface area contributed by atoms with Crippen molar-refractivity contribution in [1.29, 1.82) is 0 Å². The van der Waals surface area contributed by atoms with Gasteiger partial charge in [-0.1, -0.05) is 13.8 Å². The number of rotatable bonds is 3. The van der Waals surface area contributed by atoms with Crippen LogP contribution in [0.5, 0.6) is 0 Å². The molecule has 0 spiro atoms. The van der Waals surface area contributed by atoms with E-state index in [4.69, 9.17) is 15.2 Å². The quantitative estimate of drug-likeness (QED) is 0.721. The lowest BCUT2D eigenvalue weighted by molar-refractivity contribution is -0.0979. The molecule has 0 aliphatic carbocycles. The van der Waals surface area contributed by atoms with Gasteiger partial charge in [-0.25, -0.2) is 0 Å². The third-order valence-electron chi connectivity index (χ3n) is 2.65. The van der Waals surface area contributed by atoms with E-state index in [1.54, 1.807) is 7.11 Å². The number of methoxy groups -OCH3 is 1. The smallest absolute Gasteiger partial charge is 0.0856 e. The van der Waals surface area contributed by atoms with Gasteiger partial charge in [0, 0.05) is 19.8 Å². The zero-order valence-electron chi connectivity index (χ0n) is 8.82. The Morgan fingerprint density at radius 2 is 2.15 bits per heavy atom. The van der Waals surface area contributed by atoms with Gasteiger partial charge in [-0.05, 0) is 18.8 Å². The van der Waals surface area contributed by atoms with Gasteiger partial charge in [0.2, 0.25) is 0 Å². The minimum atomic E-state index is 0.186. The maximum atomic E-state index is 5.88. The van der Waals surface area contributed by atoms with Crippen LogP contribution in [0.15, 0.2) is 0 Å². The average Bonchev–Trinajstić information content (AvgIpc) is 2.04. The largest absolute Gasteiger partial charge is 0.378 e. The van der Waals surface area contributed by atoms with Crippen LogP contribution >= 0.6 is 0 Å². The van der Waals surface area contributed by atoms with E-state index >= 15 is 0 Å². The van der Waals surface area contributed by atoms with Crippen molar-refractivity contribution < 1.29 is 9.47 Å². The van der Waals surface area contributed by atoms with Gasteiger partial charge < -0.3 is 15.2 Å². The SMILES string of the molecule is COC(C(C)C)C1CC(N)CCO1. The molecule has 0 saturated carbocycles. The fraction of sp³-hybridized carbons (Fsp3) is 1.00. The molecule has 3 unspecified atom stereocenters. The zero-order valence-corrected chi connectivity index (χ0v) is 8.82. The van der Waals surface area contributed by atoms with Crippen LogP contribution < -0.4 is 5.73 Å². The summed E-state index contributed by atoms with van der Waals surface area (Å²) < 4.78 is 11.1. The van der Waals surface area contributed by atoms with Crippen LogP contribution in [0.4, 0.5) is 0 Å². The maximum absolute atomic E-state index is 5.88.